The van der Waals surface area contributed by atoms with Crippen molar-refractivity contribution in [2.45, 2.75) is 20.1 Å². The van der Waals surface area contributed by atoms with Crippen molar-refractivity contribution < 1.29 is 23.7 Å². The lowest BCUT2D eigenvalue weighted by Gasteiger charge is -2.14. The molecule has 0 saturated carbocycles. The normalized spacial score (nSPS) is 13.8. The van der Waals surface area contributed by atoms with E-state index in [1.165, 1.54) is 5.01 Å². The molecule has 1 aliphatic heterocycles. The van der Waals surface area contributed by atoms with Gasteiger partial charge in [0.15, 0.2) is 23.0 Å². The van der Waals surface area contributed by atoms with Gasteiger partial charge in [0.2, 0.25) is 0 Å². The van der Waals surface area contributed by atoms with Gasteiger partial charge < -0.3 is 18.9 Å². The molecular formula is C33H30N2O5. The molecule has 1 heterocycles. The summed E-state index contributed by atoms with van der Waals surface area (Å²) in [6, 6.07) is 30.6. The summed E-state index contributed by atoms with van der Waals surface area (Å²) in [4.78, 5) is 13.1. The first-order valence-corrected chi connectivity index (χ1v) is 12.9. The summed E-state index contributed by atoms with van der Waals surface area (Å²) in [5.74, 6) is 2.27. The Kier molecular flexibility index (Phi) is 8.11. The minimum Gasteiger partial charge on any atom is -0.493 e. The van der Waals surface area contributed by atoms with E-state index in [9.17, 15) is 4.79 Å². The van der Waals surface area contributed by atoms with Gasteiger partial charge in [-0.25, -0.2) is 0 Å². The second kappa shape index (κ2) is 12.2. The van der Waals surface area contributed by atoms with Gasteiger partial charge in [-0.3, -0.25) is 4.79 Å². The lowest BCUT2D eigenvalue weighted by Crippen LogP contribution is -2.21. The highest BCUT2D eigenvalue weighted by atomic mass is 16.5. The zero-order valence-electron chi connectivity index (χ0n) is 22.7. The highest BCUT2D eigenvalue weighted by Crippen LogP contribution is 2.33. The van der Waals surface area contributed by atoms with E-state index in [0.717, 1.165) is 22.4 Å². The second-order valence-corrected chi connectivity index (χ2v) is 9.15. The van der Waals surface area contributed by atoms with E-state index in [2.05, 4.69) is 5.10 Å². The van der Waals surface area contributed by atoms with Crippen LogP contribution in [-0.2, 0) is 18.0 Å². The summed E-state index contributed by atoms with van der Waals surface area (Å²) >= 11 is 0. The molecule has 0 fully saturated rings. The van der Waals surface area contributed by atoms with E-state index in [1.54, 1.807) is 14.2 Å². The Bertz CT molecular complexity index is 1550. The highest BCUT2D eigenvalue weighted by Gasteiger charge is 2.28. The van der Waals surface area contributed by atoms with Gasteiger partial charge in [0.1, 0.15) is 13.2 Å². The van der Waals surface area contributed by atoms with Crippen molar-refractivity contribution in [3.05, 3.63) is 119 Å². The summed E-state index contributed by atoms with van der Waals surface area (Å²) in [7, 11) is 3.21. The van der Waals surface area contributed by atoms with E-state index < -0.39 is 0 Å². The van der Waals surface area contributed by atoms with Crippen LogP contribution in [-0.4, -0.2) is 25.8 Å². The topological polar surface area (TPSA) is 69.6 Å². The molecule has 4 aromatic rings. The largest absolute Gasteiger partial charge is 0.493 e. The van der Waals surface area contributed by atoms with Crippen LogP contribution in [0.3, 0.4) is 0 Å². The minimum absolute atomic E-state index is 0.173. The number of anilines is 1. The molecule has 202 valence electrons. The number of carbonyl (C=O) groups is 1. The van der Waals surface area contributed by atoms with Gasteiger partial charge >= 0.3 is 0 Å². The molecular weight excluding hydrogens is 504 g/mol. The number of methoxy groups -OCH3 is 2. The maximum atomic E-state index is 13.1. The first-order chi connectivity index (χ1) is 19.6. The number of hydrogen-bond donors (Lipinski definition) is 0. The molecule has 0 aromatic heterocycles. The standard InChI is InChI=1S/C33H30N2O5/c1-23-28(33(36)35(34-23)27-12-8-5-9-13-27)18-25-14-16-29(31(19-25)37-2)40-22-26-15-17-30(32(20-26)38-3)39-21-24-10-6-4-7-11-24/h4-20H,21-22H2,1-3H3/b28-18-. The van der Waals surface area contributed by atoms with Crippen molar-refractivity contribution in [1.29, 1.82) is 0 Å². The highest BCUT2D eigenvalue weighted by molar-refractivity contribution is 6.32. The van der Waals surface area contributed by atoms with Gasteiger partial charge in [-0.15, -0.1) is 0 Å². The quantitative estimate of drug-likeness (QED) is 0.213. The summed E-state index contributed by atoms with van der Waals surface area (Å²) < 4.78 is 23.2. The summed E-state index contributed by atoms with van der Waals surface area (Å²) in [5, 5.41) is 5.86. The average molecular weight is 535 g/mol. The Hall–Kier alpha value is -5.04. The average Bonchev–Trinajstić information content (AvgIpc) is 3.28. The number of hydrazone groups is 1. The van der Waals surface area contributed by atoms with Crippen molar-refractivity contribution in [2.75, 3.05) is 19.2 Å². The first kappa shape index (κ1) is 26.6. The number of ether oxygens (including phenoxy) is 4. The number of benzene rings is 4. The first-order valence-electron chi connectivity index (χ1n) is 12.9. The zero-order chi connectivity index (χ0) is 27.9. The Morgan fingerprint density at radius 2 is 1.30 bits per heavy atom. The van der Waals surface area contributed by atoms with E-state index in [0.29, 0.717) is 47.5 Å². The Balaban J connectivity index is 1.26. The molecule has 1 amide bonds. The number of rotatable bonds is 10. The minimum atomic E-state index is -0.173. The maximum Gasteiger partial charge on any atom is 0.280 e. The van der Waals surface area contributed by atoms with Crippen LogP contribution >= 0.6 is 0 Å². The number of hydrogen-bond acceptors (Lipinski definition) is 6. The van der Waals surface area contributed by atoms with Crippen LogP contribution in [0.15, 0.2) is 108 Å². The molecule has 0 N–H and O–H groups in total. The van der Waals surface area contributed by atoms with Gasteiger partial charge in [0, 0.05) is 0 Å². The van der Waals surface area contributed by atoms with Crippen molar-refractivity contribution in [3.8, 4) is 23.0 Å². The molecule has 1 aliphatic rings. The van der Waals surface area contributed by atoms with Crippen LogP contribution in [0, 0.1) is 0 Å². The molecule has 0 saturated heterocycles. The fourth-order valence-electron chi connectivity index (χ4n) is 4.31. The van der Waals surface area contributed by atoms with Gasteiger partial charge in [0.05, 0.1) is 31.2 Å². The van der Waals surface area contributed by atoms with Crippen LogP contribution in [0.5, 0.6) is 23.0 Å². The van der Waals surface area contributed by atoms with Gasteiger partial charge in [0.25, 0.3) is 5.91 Å². The molecule has 0 aliphatic carbocycles. The predicted octanol–water partition coefficient (Wildman–Crippen LogP) is 6.67. The molecule has 7 heteroatoms. The van der Waals surface area contributed by atoms with E-state index >= 15 is 0 Å². The molecule has 7 nitrogen and oxygen atoms in total. The second-order valence-electron chi connectivity index (χ2n) is 9.15. The third-order valence-electron chi connectivity index (χ3n) is 6.42. The van der Waals surface area contributed by atoms with E-state index in [4.69, 9.17) is 18.9 Å². The maximum absolute atomic E-state index is 13.1. The van der Waals surface area contributed by atoms with Crippen LogP contribution in [0.4, 0.5) is 5.69 Å². The van der Waals surface area contributed by atoms with Crippen molar-refractivity contribution in [3.63, 3.8) is 0 Å². The SMILES string of the molecule is COc1cc(/C=C2\C(=O)N(c3ccccc3)N=C2C)ccc1OCc1ccc(OCc2ccccc2)c(OC)c1. The summed E-state index contributed by atoms with van der Waals surface area (Å²) in [6.07, 6.45) is 1.81. The van der Waals surface area contributed by atoms with E-state index in [-0.39, 0.29) is 5.91 Å². The molecule has 0 unspecified atom stereocenters. The van der Waals surface area contributed by atoms with Crippen LogP contribution < -0.4 is 24.0 Å². The Morgan fingerprint density at radius 3 is 1.98 bits per heavy atom. The van der Waals surface area contributed by atoms with Crippen LogP contribution in [0.1, 0.15) is 23.6 Å². The Labute approximate surface area is 233 Å². The van der Waals surface area contributed by atoms with Crippen LogP contribution in [0.2, 0.25) is 0 Å². The van der Waals surface area contributed by atoms with Gasteiger partial charge in [-0.2, -0.15) is 10.1 Å². The lowest BCUT2D eigenvalue weighted by atomic mass is 10.1. The molecule has 0 atom stereocenters. The predicted molar refractivity (Wildman–Crippen MR) is 156 cm³/mol. The van der Waals surface area contributed by atoms with E-state index in [1.807, 2.05) is 110 Å². The number of amides is 1. The third kappa shape index (κ3) is 5.99. The molecule has 40 heavy (non-hydrogen) atoms. The number of para-hydroxylation sites is 1. The van der Waals surface area contributed by atoms with Crippen molar-refractivity contribution in [2.24, 2.45) is 5.10 Å². The summed E-state index contributed by atoms with van der Waals surface area (Å²) in [6.45, 7) is 2.59. The lowest BCUT2D eigenvalue weighted by molar-refractivity contribution is -0.114. The van der Waals surface area contributed by atoms with Crippen molar-refractivity contribution in [1.82, 2.24) is 0 Å². The fourth-order valence-corrected chi connectivity index (χ4v) is 4.31. The molecule has 5 rings (SSSR count). The fraction of sp³-hybridized carbons (Fsp3) is 0.152. The molecule has 4 aromatic carbocycles. The summed E-state index contributed by atoms with van der Waals surface area (Å²) in [5.41, 5.74) is 4.71. The zero-order valence-corrected chi connectivity index (χ0v) is 22.7. The molecule has 0 spiro atoms. The number of carbonyl (C=O) groups excluding carboxylic acids is 1. The number of nitrogens with zero attached hydrogens (tertiary/aromatic N) is 2. The molecule has 0 bridgehead atoms. The van der Waals surface area contributed by atoms with Crippen LogP contribution in [0.25, 0.3) is 6.08 Å². The monoisotopic (exact) mass is 534 g/mol. The smallest absolute Gasteiger partial charge is 0.280 e. The van der Waals surface area contributed by atoms with Gasteiger partial charge in [-0.05, 0) is 66.1 Å². The Morgan fingerprint density at radius 1 is 0.700 bits per heavy atom. The molecule has 0 radical (unpaired) electrons. The third-order valence-corrected chi connectivity index (χ3v) is 6.42. The van der Waals surface area contributed by atoms with Crippen molar-refractivity contribution >= 4 is 23.4 Å². The van der Waals surface area contributed by atoms with Gasteiger partial charge in [-0.1, -0.05) is 60.7 Å².